The van der Waals surface area contributed by atoms with Gasteiger partial charge >= 0.3 is 43.1 Å². The molecule has 330 valence electrons. The predicted octanol–water partition coefficient (Wildman–Crippen LogP) is 13.1. The Kier molecular flexibility index (Phi) is 12.8. The fourth-order valence-electron chi connectivity index (χ4n) is 5.15. The van der Waals surface area contributed by atoms with E-state index in [2.05, 4.69) is 0 Å². The smallest absolute Gasteiger partial charge is 0.440 e. The monoisotopic (exact) mass is 942 g/mol. The number of anilines is 3. The molecule has 0 fully saturated rings. The Morgan fingerprint density at radius 2 is 0.730 bits per heavy atom. The van der Waals surface area contributed by atoms with E-state index >= 15 is 0 Å². The number of halogens is 9. The van der Waals surface area contributed by atoms with Crippen molar-refractivity contribution in [2.24, 2.45) is 4.52 Å². The Hall–Kier alpha value is -6.10. The van der Waals surface area contributed by atoms with Crippen LogP contribution in [0.1, 0.15) is 16.7 Å². The first-order chi connectivity index (χ1) is 29.7. The molecule has 0 amide bonds. The number of hydrogen-bond acceptors (Lipinski definition) is 12. The summed E-state index contributed by atoms with van der Waals surface area (Å²) < 4.78 is 156. The van der Waals surface area contributed by atoms with Gasteiger partial charge in [0.25, 0.3) is 0 Å². The van der Waals surface area contributed by atoms with Gasteiger partial charge in [0.1, 0.15) is 34.5 Å². The Balaban J connectivity index is 1.50. The van der Waals surface area contributed by atoms with Gasteiger partial charge in [0.2, 0.25) is 0 Å². The van der Waals surface area contributed by atoms with Gasteiger partial charge in [0.05, 0.1) is 16.7 Å². The van der Waals surface area contributed by atoms with Crippen LogP contribution in [-0.4, -0.2) is 9.21 Å². The van der Waals surface area contributed by atoms with Gasteiger partial charge in [0.15, 0.2) is 0 Å². The minimum Gasteiger partial charge on any atom is -0.440 e. The second-order valence-corrected chi connectivity index (χ2v) is 18.4. The quantitative estimate of drug-likeness (QED) is 0.0610. The zero-order valence-corrected chi connectivity index (χ0v) is 34.3. The SMILES string of the molecule is Nc1ccc(ON2P(Oc3ccc(N)cc3)N=P(Oc3ccc(C(F)(F)F)cc3)(Oc3ccc(C(F)(F)F)cc3)N(Oc3ccc(C(F)(F)F)cc3)P2Oc2ccc(N)cc2)cc1. The van der Waals surface area contributed by atoms with E-state index in [0.29, 0.717) is 53.5 Å². The third-order valence-electron chi connectivity index (χ3n) is 8.23. The van der Waals surface area contributed by atoms with E-state index in [1.807, 2.05) is 0 Å². The largest absolute Gasteiger partial charge is 0.447 e. The number of hydrogen-bond donors (Lipinski definition) is 3. The van der Waals surface area contributed by atoms with E-state index in [0.717, 1.165) is 45.6 Å². The van der Waals surface area contributed by atoms with Gasteiger partial charge in [0, 0.05) is 26.3 Å². The van der Waals surface area contributed by atoms with Crippen molar-refractivity contribution in [3.63, 3.8) is 0 Å². The highest BCUT2D eigenvalue weighted by molar-refractivity contribution is 7.78. The Labute approximate surface area is 354 Å². The lowest BCUT2D eigenvalue weighted by Crippen LogP contribution is -2.37. The number of nitrogens with two attached hydrogens (primary N) is 3. The van der Waals surface area contributed by atoms with Gasteiger partial charge in [-0.05, 0) is 146 Å². The van der Waals surface area contributed by atoms with Crippen molar-refractivity contribution in [1.29, 1.82) is 0 Å². The molecule has 0 aromatic heterocycles. The molecule has 6 aromatic carbocycles. The summed E-state index contributed by atoms with van der Waals surface area (Å²) in [6.07, 6.45) is -14.3. The van der Waals surface area contributed by atoms with E-state index < -0.39 is 59.8 Å². The van der Waals surface area contributed by atoms with Crippen LogP contribution in [-0.2, 0) is 18.5 Å². The molecule has 0 radical (unpaired) electrons. The van der Waals surface area contributed by atoms with Crippen LogP contribution in [0.5, 0.6) is 34.5 Å². The average molecular weight is 943 g/mol. The molecule has 2 unspecified atom stereocenters. The molecule has 24 heteroatoms. The molecule has 1 aliphatic heterocycles. The molecule has 7 rings (SSSR count). The zero-order chi connectivity index (χ0) is 45.2. The number of nitrogen functional groups attached to an aromatic ring is 3. The highest BCUT2D eigenvalue weighted by Crippen LogP contribution is 2.77. The summed E-state index contributed by atoms with van der Waals surface area (Å²) in [7, 11) is -10.4. The molecule has 6 N–H and O–H groups in total. The van der Waals surface area contributed by atoms with Crippen LogP contribution in [0.25, 0.3) is 0 Å². The van der Waals surface area contributed by atoms with Gasteiger partial charge in [-0.2, -0.15) is 39.5 Å². The van der Waals surface area contributed by atoms with Crippen molar-refractivity contribution >= 4 is 41.6 Å². The van der Waals surface area contributed by atoms with E-state index in [1.165, 1.54) is 72.8 Å². The van der Waals surface area contributed by atoms with Crippen LogP contribution < -0.4 is 45.0 Å². The maximum Gasteiger partial charge on any atom is 0.447 e. The summed E-state index contributed by atoms with van der Waals surface area (Å²) in [5.74, 6) is -0.716. The van der Waals surface area contributed by atoms with Crippen molar-refractivity contribution in [3.05, 3.63) is 162 Å². The standard InChI is InChI=1S/C39H30F9N6O6P3/c40-37(41,42)25-1-13-32(14-2-25)56-54-62(58-34-23-11-30(51)12-24-34)53(55-31-19-7-28(49)8-20-31)61(57-33-21-9-29(50)10-22-33)52-63(54,59-35-15-3-26(4-16-35)38(43,44)45)60-36-17-5-27(6-18-36)39(46,47)48/h1-24H,49-51H2. The van der Waals surface area contributed by atoms with E-state index in [9.17, 15) is 39.5 Å². The lowest BCUT2D eigenvalue weighted by molar-refractivity contribution is -0.138. The van der Waals surface area contributed by atoms with E-state index in [4.69, 9.17) is 49.5 Å². The maximum atomic E-state index is 13.7. The Morgan fingerprint density at radius 1 is 0.413 bits per heavy atom. The summed E-state index contributed by atoms with van der Waals surface area (Å²) in [4.78, 5) is 12.7. The molecule has 0 saturated carbocycles. The first-order valence-electron chi connectivity index (χ1n) is 17.8. The highest BCUT2D eigenvalue weighted by atomic mass is 31.3. The zero-order valence-electron chi connectivity index (χ0n) is 31.6. The van der Waals surface area contributed by atoms with Crippen LogP contribution in [0.2, 0.25) is 0 Å². The molecule has 0 bridgehead atoms. The van der Waals surface area contributed by atoms with Gasteiger partial charge in [-0.3, -0.25) is 0 Å². The Morgan fingerprint density at radius 3 is 1.11 bits per heavy atom. The van der Waals surface area contributed by atoms with Crippen molar-refractivity contribution in [1.82, 2.24) is 9.21 Å². The van der Waals surface area contributed by atoms with Crippen molar-refractivity contribution in [2.45, 2.75) is 18.5 Å². The lowest BCUT2D eigenvalue weighted by atomic mass is 10.2. The van der Waals surface area contributed by atoms with Crippen molar-refractivity contribution in [3.8, 4) is 34.5 Å². The molecule has 0 aliphatic carbocycles. The second-order valence-electron chi connectivity index (χ2n) is 12.9. The Bertz CT molecular complexity index is 2480. The fourth-order valence-corrected chi connectivity index (χ4v) is 12.6. The number of benzene rings is 6. The van der Waals surface area contributed by atoms with Crippen LogP contribution in [0, 0.1) is 0 Å². The van der Waals surface area contributed by atoms with Crippen LogP contribution in [0.4, 0.5) is 56.6 Å². The molecule has 0 spiro atoms. The second kappa shape index (κ2) is 17.9. The van der Waals surface area contributed by atoms with Gasteiger partial charge in [-0.1, -0.05) is 0 Å². The van der Waals surface area contributed by atoms with Gasteiger partial charge < -0.3 is 45.0 Å². The number of rotatable bonds is 12. The summed E-state index contributed by atoms with van der Waals surface area (Å²) in [5.41, 5.74) is 15.6. The molecule has 1 heterocycles. The maximum absolute atomic E-state index is 13.7. The average Bonchev–Trinajstić information content (AvgIpc) is 3.22. The normalized spacial score (nSPS) is 17.0. The van der Waals surface area contributed by atoms with Crippen molar-refractivity contribution < 1.29 is 67.3 Å². The third-order valence-corrected chi connectivity index (χ3v) is 15.1. The molecule has 63 heavy (non-hydrogen) atoms. The molecule has 1 aliphatic rings. The summed E-state index contributed by atoms with van der Waals surface area (Å²) in [5, 5.41) is 0. The first kappa shape index (κ1) is 44.9. The minimum absolute atomic E-state index is 0.0636. The van der Waals surface area contributed by atoms with Crippen LogP contribution >= 0.6 is 24.6 Å². The molecule has 2 atom stereocenters. The fraction of sp³-hybridized carbons (Fsp3) is 0.0769. The molecule has 12 nitrogen and oxygen atoms in total. The topological polar surface area (TPSA) is 152 Å². The molecular weight excluding hydrogens is 912 g/mol. The third kappa shape index (κ3) is 11.1. The summed E-state index contributed by atoms with van der Waals surface area (Å²) in [6.45, 7) is 0. The number of nitrogens with zero attached hydrogens (tertiary/aromatic N) is 3. The summed E-state index contributed by atoms with van der Waals surface area (Å²) >= 11 is 0. The van der Waals surface area contributed by atoms with Gasteiger partial charge in [-0.25, -0.2) is 0 Å². The first-order valence-corrected chi connectivity index (χ1v) is 21.6. The summed E-state index contributed by atoms with van der Waals surface area (Å²) in [6, 6.07) is 27.4. The lowest BCUT2D eigenvalue weighted by Gasteiger charge is -2.43. The molecule has 6 aromatic rings. The number of alkyl halides is 9. The highest BCUT2D eigenvalue weighted by Gasteiger charge is 2.58. The van der Waals surface area contributed by atoms with Crippen LogP contribution in [0.3, 0.4) is 0 Å². The minimum atomic E-state index is -4.78. The van der Waals surface area contributed by atoms with E-state index in [1.54, 1.807) is 0 Å². The predicted molar refractivity (Wildman–Crippen MR) is 218 cm³/mol. The van der Waals surface area contributed by atoms with Crippen LogP contribution in [0.15, 0.2) is 150 Å². The van der Waals surface area contributed by atoms with Crippen molar-refractivity contribution in [2.75, 3.05) is 17.2 Å². The van der Waals surface area contributed by atoms with Gasteiger partial charge in [-0.15, -0.1) is 4.52 Å². The molecular formula is C39H30F9N6O6P3. The van der Waals surface area contributed by atoms with E-state index in [-0.39, 0.29) is 34.5 Å². The molecule has 0 saturated heterocycles.